The highest BCUT2D eigenvalue weighted by Gasteiger charge is 2.28. The zero-order chi connectivity index (χ0) is 14.5. The number of hydrogen-bond donors (Lipinski definition) is 1. The summed E-state index contributed by atoms with van der Waals surface area (Å²) in [5.41, 5.74) is 1.46. The fourth-order valence-electron chi connectivity index (χ4n) is 3.42. The number of hydrogen-bond acceptors (Lipinski definition) is 3. The van der Waals surface area contributed by atoms with Crippen LogP contribution in [0.2, 0.25) is 0 Å². The van der Waals surface area contributed by atoms with Gasteiger partial charge < -0.3 is 14.4 Å². The summed E-state index contributed by atoms with van der Waals surface area (Å²) in [5, 5.41) is 0. The van der Waals surface area contributed by atoms with Gasteiger partial charge in [-0.1, -0.05) is 25.5 Å². The molecule has 0 aromatic rings. The molecule has 2 rings (SSSR count). The van der Waals surface area contributed by atoms with E-state index in [2.05, 4.69) is 26.8 Å². The molecule has 0 aromatic heterocycles. The second kappa shape index (κ2) is 7.23. The minimum atomic E-state index is -0.0624. The largest absolute Gasteiger partial charge is 0.461 e. The minimum Gasteiger partial charge on any atom is -0.461 e. The molecule has 1 N–H and O–H groups in total. The van der Waals surface area contributed by atoms with Crippen molar-refractivity contribution in [3.63, 3.8) is 0 Å². The van der Waals surface area contributed by atoms with E-state index in [1.807, 2.05) is 0 Å². The highest BCUT2D eigenvalue weighted by atomic mass is 16.5. The van der Waals surface area contributed by atoms with E-state index in [9.17, 15) is 4.79 Å². The molecule has 4 nitrogen and oxygen atoms in total. The van der Waals surface area contributed by atoms with Crippen LogP contribution < -0.4 is 4.90 Å². The molecule has 2 aliphatic rings. The van der Waals surface area contributed by atoms with Crippen molar-refractivity contribution in [2.75, 3.05) is 39.5 Å². The number of ether oxygens (including phenoxy) is 2. The van der Waals surface area contributed by atoms with E-state index in [-0.39, 0.29) is 5.97 Å². The van der Waals surface area contributed by atoms with Crippen molar-refractivity contribution in [2.24, 2.45) is 17.8 Å². The van der Waals surface area contributed by atoms with Crippen molar-refractivity contribution < 1.29 is 19.2 Å². The summed E-state index contributed by atoms with van der Waals surface area (Å²) < 4.78 is 10.8. The number of morpholine rings is 1. The Balaban J connectivity index is 1.75. The Labute approximate surface area is 122 Å². The third kappa shape index (κ3) is 4.32. The molecule has 4 heteroatoms. The van der Waals surface area contributed by atoms with Crippen LogP contribution in [0.15, 0.2) is 11.6 Å². The van der Waals surface area contributed by atoms with Crippen molar-refractivity contribution in [3.05, 3.63) is 11.6 Å². The Morgan fingerprint density at radius 3 is 2.75 bits per heavy atom. The van der Waals surface area contributed by atoms with Gasteiger partial charge in [0.15, 0.2) is 6.54 Å². The molecule has 1 saturated heterocycles. The first kappa shape index (κ1) is 15.5. The van der Waals surface area contributed by atoms with E-state index in [0.717, 1.165) is 32.7 Å². The van der Waals surface area contributed by atoms with Crippen LogP contribution in [0.4, 0.5) is 0 Å². The van der Waals surface area contributed by atoms with Crippen LogP contribution in [0, 0.1) is 17.8 Å². The average molecular weight is 282 g/mol. The van der Waals surface area contributed by atoms with E-state index < -0.39 is 0 Å². The lowest BCUT2D eigenvalue weighted by Crippen LogP contribution is -3.15. The summed E-state index contributed by atoms with van der Waals surface area (Å²) >= 11 is 0. The van der Waals surface area contributed by atoms with Gasteiger partial charge in [-0.15, -0.1) is 0 Å². The lowest BCUT2D eigenvalue weighted by Gasteiger charge is -2.32. The number of rotatable bonds is 4. The maximum absolute atomic E-state index is 11.9. The van der Waals surface area contributed by atoms with E-state index in [4.69, 9.17) is 9.47 Å². The minimum absolute atomic E-state index is 0.0624. The van der Waals surface area contributed by atoms with Crippen LogP contribution >= 0.6 is 0 Å². The van der Waals surface area contributed by atoms with Gasteiger partial charge in [0.1, 0.15) is 13.1 Å². The molecule has 1 aliphatic carbocycles. The number of carbonyl (C=O) groups excluding carboxylic acids is 1. The number of carbonyl (C=O) groups is 1. The Morgan fingerprint density at radius 1 is 1.40 bits per heavy atom. The monoisotopic (exact) mass is 282 g/mol. The van der Waals surface area contributed by atoms with Gasteiger partial charge in [-0.05, 0) is 25.2 Å². The van der Waals surface area contributed by atoms with Gasteiger partial charge in [-0.3, -0.25) is 0 Å². The quantitative estimate of drug-likeness (QED) is 0.609. The first-order valence-corrected chi connectivity index (χ1v) is 7.80. The molecule has 20 heavy (non-hydrogen) atoms. The molecule has 1 aliphatic heterocycles. The lowest BCUT2D eigenvalue weighted by molar-refractivity contribution is -0.900. The number of esters is 1. The molecule has 0 unspecified atom stereocenters. The lowest BCUT2D eigenvalue weighted by atomic mass is 9.75. The summed E-state index contributed by atoms with van der Waals surface area (Å²) in [4.78, 5) is 13.2. The summed E-state index contributed by atoms with van der Waals surface area (Å²) in [6, 6.07) is 0. The van der Waals surface area contributed by atoms with Gasteiger partial charge in [0.2, 0.25) is 0 Å². The van der Waals surface area contributed by atoms with E-state index in [1.165, 1.54) is 10.5 Å². The number of allylic oxidation sites excluding steroid dienone is 2. The molecule has 0 saturated carbocycles. The topological polar surface area (TPSA) is 40.0 Å². The third-order valence-electron chi connectivity index (χ3n) is 4.63. The summed E-state index contributed by atoms with van der Waals surface area (Å²) in [6.45, 7) is 11.1. The van der Waals surface area contributed by atoms with Gasteiger partial charge >= 0.3 is 5.97 Å². The molecule has 0 aromatic carbocycles. The normalized spacial score (nSPS) is 31.8. The second-order valence-electron chi connectivity index (χ2n) is 6.44. The second-order valence-corrected chi connectivity index (χ2v) is 6.44. The summed E-state index contributed by atoms with van der Waals surface area (Å²) in [6.07, 6.45) is 3.45. The van der Waals surface area contributed by atoms with Crippen molar-refractivity contribution in [1.82, 2.24) is 0 Å². The molecular formula is C16H28NO3+. The molecule has 0 bridgehead atoms. The van der Waals surface area contributed by atoms with Gasteiger partial charge in [0.05, 0.1) is 19.8 Å². The van der Waals surface area contributed by atoms with Crippen LogP contribution in [0.1, 0.15) is 27.2 Å². The van der Waals surface area contributed by atoms with Crippen LogP contribution in [-0.4, -0.2) is 45.4 Å². The fraction of sp³-hybridized carbons (Fsp3) is 0.812. The maximum Gasteiger partial charge on any atom is 0.361 e. The van der Waals surface area contributed by atoms with Crippen LogP contribution in [0.5, 0.6) is 0 Å². The third-order valence-corrected chi connectivity index (χ3v) is 4.63. The highest BCUT2D eigenvalue weighted by molar-refractivity contribution is 5.70. The molecule has 0 amide bonds. The number of nitrogens with one attached hydrogen (secondary N) is 1. The number of quaternary nitrogens is 1. The predicted molar refractivity (Wildman–Crippen MR) is 77.5 cm³/mol. The van der Waals surface area contributed by atoms with E-state index >= 15 is 0 Å². The van der Waals surface area contributed by atoms with Crippen molar-refractivity contribution in [3.8, 4) is 0 Å². The van der Waals surface area contributed by atoms with Gasteiger partial charge in [-0.25, -0.2) is 4.79 Å². The van der Waals surface area contributed by atoms with Gasteiger partial charge in [0.25, 0.3) is 0 Å². The Hall–Kier alpha value is -0.870. The van der Waals surface area contributed by atoms with Crippen molar-refractivity contribution >= 4 is 5.97 Å². The molecular weight excluding hydrogens is 254 g/mol. The van der Waals surface area contributed by atoms with E-state index in [1.54, 1.807) is 0 Å². The molecule has 1 heterocycles. The first-order valence-electron chi connectivity index (χ1n) is 7.80. The van der Waals surface area contributed by atoms with Crippen LogP contribution in [0.25, 0.3) is 0 Å². The highest BCUT2D eigenvalue weighted by Crippen LogP contribution is 2.33. The average Bonchev–Trinajstić information content (AvgIpc) is 2.38. The predicted octanol–water partition coefficient (Wildman–Crippen LogP) is 0.683. The molecule has 3 atom stereocenters. The van der Waals surface area contributed by atoms with Crippen molar-refractivity contribution in [2.45, 2.75) is 27.2 Å². The Kier molecular flexibility index (Phi) is 5.61. The Bertz CT molecular complexity index is 361. The Morgan fingerprint density at radius 2 is 2.10 bits per heavy atom. The molecule has 1 fully saturated rings. The zero-order valence-electron chi connectivity index (χ0n) is 13.0. The molecule has 114 valence electrons. The SMILES string of the molecule is CC1=C[C@@H](C)[C@@H](COC(=O)C[NH+]2CCOCC2)[C@@H](C)C1. The smallest absolute Gasteiger partial charge is 0.361 e. The van der Waals surface area contributed by atoms with Gasteiger partial charge in [0, 0.05) is 5.92 Å². The molecule has 0 spiro atoms. The van der Waals surface area contributed by atoms with Crippen LogP contribution in [-0.2, 0) is 14.3 Å². The van der Waals surface area contributed by atoms with Crippen LogP contribution in [0.3, 0.4) is 0 Å². The van der Waals surface area contributed by atoms with E-state index in [0.29, 0.717) is 30.9 Å². The fourth-order valence-corrected chi connectivity index (χ4v) is 3.42. The summed E-state index contributed by atoms with van der Waals surface area (Å²) in [5.74, 6) is 1.50. The van der Waals surface area contributed by atoms with Gasteiger partial charge in [-0.2, -0.15) is 0 Å². The first-order chi connectivity index (χ1) is 9.56. The molecule has 0 radical (unpaired) electrons. The maximum atomic E-state index is 11.9. The zero-order valence-corrected chi connectivity index (χ0v) is 13.0. The summed E-state index contributed by atoms with van der Waals surface area (Å²) in [7, 11) is 0. The van der Waals surface area contributed by atoms with Crippen molar-refractivity contribution in [1.29, 1.82) is 0 Å². The standard InChI is InChI=1S/C16H27NO3/c1-12-8-13(2)15(14(3)9-12)11-20-16(18)10-17-4-6-19-7-5-17/h8,13-15H,4-7,9-11H2,1-3H3/p+1/t13-,14+,15-/m1/s1.